The van der Waals surface area contributed by atoms with Crippen molar-refractivity contribution in [2.45, 2.75) is 57.8 Å². The zero-order valence-corrected chi connectivity index (χ0v) is 24.7. The highest BCUT2D eigenvalue weighted by Gasteiger charge is 2.32. The van der Waals surface area contributed by atoms with Crippen molar-refractivity contribution in [2.75, 3.05) is 4.90 Å². The Morgan fingerprint density at radius 1 is 1.02 bits per heavy atom. The summed E-state index contributed by atoms with van der Waals surface area (Å²) in [5.41, 5.74) is 5.37. The number of rotatable bonds is 10. The molecule has 0 spiro atoms. The second-order valence-corrected chi connectivity index (χ2v) is 11.7. The Morgan fingerprint density at radius 3 is 2.55 bits per heavy atom. The van der Waals surface area contributed by atoms with Gasteiger partial charge < -0.3 is 20.5 Å². The van der Waals surface area contributed by atoms with E-state index in [1.807, 2.05) is 80.6 Å². The summed E-state index contributed by atoms with van der Waals surface area (Å²) in [6.45, 7) is 4.83. The van der Waals surface area contributed by atoms with Gasteiger partial charge in [-0.1, -0.05) is 66.7 Å². The highest BCUT2D eigenvalue weighted by atomic mass is 16.2. The van der Waals surface area contributed by atoms with E-state index in [9.17, 15) is 9.59 Å². The molecule has 0 aliphatic carbocycles. The van der Waals surface area contributed by atoms with Gasteiger partial charge in [-0.25, -0.2) is 10.1 Å². The first kappa shape index (κ1) is 28.9. The molecule has 1 atom stereocenters. The Bertz CT molecular complexity index is 1710. The molecule has 11 heteroatoms. The lowest BCUT2D eigenvalue weighted by atomic mass is 9.98. The van der Waals surface area contributed by atoms with Gasteiger partial charge in [0.05, 0.1) is 13.1 Å². The first-order valence-corrected chi connectivity index (χ1v) is 14.7. The fourth-order valence-corrected chi connectivity index (χ4v) is 5.63. The van der Waals surface area contributed by atoms with Crippen LogP contribution in [0.4, 0.5) is 5.69 Å². The number of aromatic nitrogens is 6. The number of fused-ring (bicyclic) bond motifs is 1. The van der Waals surface area contributed by atoms with Crippen molar-refractivity contribution in [1.29, 1.82) is 0 Å². The van der Waals surface area contributed by atoms with Gasteiger partial charge >= 0.3 is 0 Å². The smallest absolute Gasteiger partial charge is 0.249 e. The number of aromatic amines is 2. The minimum atomic E-state index is -0.627. The van der Waals surface area contributed by atoms with E-state index in [0.29, 0.717) is 31.8 Å². The molecule has 4 N–H and O–H groups in total. The number of carbonyl (C=O) groups excluding carboxylic acids is 2. The molecule has 0 fully saturated rings. The molecule has 224 valence electrons. The number of nitrogens with zero attached hydrogens (tertiary/aromatic N) is 5. The fraction of sp³-hybridized carbons (Fsp3) is 0.273. The van der Waals surface area contributed by atoms with Crippen LogP contribution in [0, 0.1) is 0 Å². The van der Waals surface area contributed by atoms with Crippen LogP contribution >= 0.6 is 0 Å². The molecule has 1 aliphatic rings. The Hall–Kier alpha value is -5.16. The number of carbonyl (C=O) groups is 2. The highest BCUT2D eigenvalue weighted by molar-refractivity contribution is 6.00. The summed E-state index contributed by atoms with van der Waals surface area (Å²) in [6, 6.07) is 23.4. The van der Waals surface area contributed by atoms with Crippen LogP contribution in [0.2, 0.25) is 0 Å². The minimum absolute atomic E-state index is 0.114. The van der Waals surface area contributed by atoms with Gasteiger partial charge in [-0.3, -0.25) is 9.59 Å². The average molecular weight is 590 g/mol. The summed E-state index contributed by atoms with van der Waals surface area (Å²) in [5.74, 6) is 1.12. The molecule has 2 amide bonds. The molecule has 0 saturated carbocycles. The van der Waals surface area contributed by atoms with E-state index in [2.05, 4.69) is 47.3 Å². The van der Waals surface area contributed by atoms with E-state index in [0.717, 1.165) is 39.3 Å². The molecule has 44 heavy (non-hydrogen) atoms. The standard InChI is InChI=1S/C33H35N9O2/c1-33(2,36-20-29-34-17-18-35-29)19-30(43)37-27-16-15-24-7-3-6-10-28(24)42(32(27)44)21-22-11-13-23(14-12-22)25-8-4-5-9-26(25)31-38-40-41-39-31/h3-14,17-18,27,36H,15-16,19-21H2,1-2H3,(H,34,35)(H,37,43)(H,38,39,40,41)/t27-/m1/s1. The van der Waals surface area contributed by atoms with E-state index in [4.69, 9.17) is 0 Å². The van der Waals surface area contributed by atoms with Crippen LogP contribution in [-0.2, 0) is 29.1 Å². The summed E-state index contributed by atoms with van der Waals surface area (Å²) in [4.78, 5) is 36.3. The van der Waals surface area contributed by atoms with Gasteiger partial charge in [0.2, 0.25) is 11.8 Å². The summed E-state index contributed by atoms with van der Waals surface area (Å²) >= 11 is 0. The van der Waals surface area contributed by atoms with E-state index < -0.39 is 11.6 Å². The predicted octanol–water partition coefficient (Wildman–Crippen LogP) is 4.18. The zero-order valence-electron chi connectivity index (χ0n) is 24.7. The van der Waals surface area contributed by atoms with Crippen molar-refractivity contribution in [3.63, 3.8) is 0 Å². The van der Waals surface area contributed by atoms with Crippen molar-refractivity contribution < 1.29 is 9.59 Å². The molecular weight excluding hydrogens is 554 g/mol. The summed E-state index contributed by atoms with van der Waals surface area (Å²) in [6.07, 6.45) is 4.91. The van der Waals surface area contributed by atoms with Crippen LogP contribution in [0.5, 0.6) is 0 Å². The second kappa shape index (κ2) is 12.6. The maximum absolute atomic E-state index is 14.0. The summed E-state index contributed by atoms with van der Waals surface area (Å²) in [7, 11) is 0. The molecule has 6 rings (SSSR count). The van der Waals surface area contributed by atoms with Gasteiger partial charge in [0.15, 0.2) is 5.82 Å². The molecule has 1 aliphatic heterocycles. The average Bonchev–Trinajstić information content (AvgIpc) is 3.74. The maximum atomic E-state index is 14.0. The van der Waals surface area contributed by atoms with Crippen LogP contribution in [0.1, 0.15) is 43.6 Å². The highest BCUT2D eigenvalue weighted by Crippen LogP contribution is 2.32. The van der Waals surface area contributed by atoms with Gasteiger partial charge in [0.25, 0.3) is 0 Å². The van der Waals surface area contributed by atoms with Crippen LogP contribution < -0.4 is 15.5 Å². The number of para-hydroxylation sites is 1. The van der Waals surface area contributed by atoms with E-state index in [1.54, 1.807) is 17.3 Å². The molecule has 3 aromatic carbocycles. The first-order chi connectivity index (χ1) is 21.4. The number of anilines is 1. The topological polar surface area (TPSA) is 145 Å². The monoisotopic (exact) mass is 589 g/mol. The van der Waals surface area contributed by atoms with Gasteiger partial charge in [-0.15, -0.1) is 5.10 Å². The molecule has 0 bridgehead atoms. The Kier molecular flexibility index (Phi) is 8.29. The normalized spacial score (nSPS) is 15.1. The molecular formula is C33H35N9O2. The van der Waals surface area contributed by atoms with Crippen molar-refractivity contribution >= 4 is 17.5 Å². The van der Waals surface area contributed by atoms with E-state index >= 15 is 0 Å². The molecule has 0 unspecified atom stereocenters. The molecule has 2 aromatic heterocycles. The molecule has 0 radical (unpaired) electrons. The lowest BCUT2D eigenvalue weighted by Crippen LogP contribution is -2.50. The van der Waals surface area contributed by atoms with Gasteiger partial charge in [0, 0.05) is 35.6 Å². The van der Waals surface area contributed by atoms with Crippen LogP contribution in [0.25, 0.3) is 22.5 Å². The van der Waals surface area contributed by atoms with E-state index in [1.165, 1.54) is 0 Å². The molecule has 3 heterocycles. The zero-order chi connectivity index (χ0) is 30.5. The molecule has 11 nitrogen and oxygen atoms in total. The fourth-order valence-electron chi connectivity index (χ4n) is 5.63. The van der Waals surface area contributed by atoms with Crippen molar-refractivity contribution in [1.82, 2.24) is 41.2 Å². The number of hydrogen-bond acceptors (Lipinski definition) is 7. The Balaban J connectivity index is 1.18. The van der Waals surface area contributed by atoms with Gasteiger partial charge in [-0.05, 0) is 65.4 Å². The number of amides is 2. The first-order valence-electron chi connectivity index (χ1n) is 14.7. The SMILES string of the molecule is CC(C)(CC(=O)N[C@@H]1CCc2ccccc2N(Cc2ccc(-c3ccccc3-c3nnn[nH]3)cc2)C1=O)NCc1ncc[nH]1. The van der Waals surface area contributed by atoms with Crippen LogP contribution in [0.15, 0.2) is 85.2 Å². The number of hydrogen-bond donors (Lipinski definition) is 4. The van der Waals surface area contributed by atoms with Crippen LogP contribution in [-0.4, -0.2) is 54.0 Å². The lowest BCUT2D eigenvalue weighted by Gasteiger charge is -2.29. The van der Waals surface area contributed by atoms with E-state index in [-0.39, 0.29) is 18.2 Å². The second-order valence-electron chi connectivity index (χ2n) is 11.7. The van der Waals surface area contributed by atoms with Crippen LogP contribution in [0.3, 0.4) is 0 Å². The Morgan fingerprint density at radius 2 is 1.80 bits per heavy atom. The predicted molar refractivity (Wildman–Crippen MR) is 167 cm³/mol. The third-order valence-corrected chi connectivity index (χ3v) is 7.91. The third kappa shape index (κ3) is 6.57. The maximum Gasteiger partial charge on any atom is 0.249 e. The van der Waals surface area contributed by atoms with Crippen molar-refractivity contribution in [2.24, 2.45) is 0 Å². The summed E-state index contributed by atoms with van der Waals surface area (Å²) in [5, 5.41) is 20.8. The summed E-state index contributed by atoms with van der Waals surface area (Å²) < 4.78 is 0. The lowest BCUT2D eigenvalue weighted by molar-refractivity contribution is -0.128. The Labute approximate surface area is 255 Å². The largest absolute Gasteiger partial charge is 0.348 e. The quantitative estimate of drug-likeness (QED) is 0.191. The number of benzene rings is 3. The number of tetrazole rings is 1. The van der Waals surface area contributed by atoms with Gasteiger partial charge in [-0.2, -0.15) is 0 Å². The van der Waals surface area contributed by atoms with Gasteiger partial charge in [0.1, 0.15) is 11.9 Å². The molecule has 5 aromatic rings. The van der Waals surface area contributed by atoms with Crippen molar-refractivity contribution in [3.05, 3.63) is 102 Å². The number of H-pyrrole nitrogens is 2. The number of imidazole rings is 1. The number of aryl methyl sites for hydroxylation is 1. The third-order valence-electron chi connectivity index (χ3n) is 7.91. The van der Waals surface area contributed by atoms with Crippen molar-refractivity contribution in [3.8, 4) is 22.5 Å². The minimum Gasteiger partial charge on any atom is -0.348 e. The number of nitrogens with one attached hydrogen (secondary N) is 4. The molecule has 0 saturated heterocycles.